The SMILES string of the molecule is Cc1ccn2c(CN3CCN(c4ccccc4[N+](=O)[O-])CC3)c(C)nc2c1. The number of benzene rings is 1. The number of aromatic nitrogens is 2. The maximum Gasteiger partial charge on any atom is 0.292 e. The number of hydrogen-bond donors (Lipinski definition) is 0. The predicted molar refractivity (Wildman–Crippen MR) is 105 cm³/mol. The number of nitro groups is 1. The standard InChI is InChI=1S/C20H23N5O2/c1-15-7-8-24-19(16(2)21-20(24)13-15)14-22-9-11-23(12-10-22)17-5-3-4-6-18(17)25(26)27/h3-8,13H,9-12,14H2,1-2H3. The molecule has 1 fully saturated rings. The fourth-order valence-electron chi connectivity index (χ4n) is 3.75. The lowest BCUT2D eigenvalue weighted by molar-refractivity contribution is -0.384. The smallest absolute Gasteiger partial charge is 0.292 e. The number of nitro benzene ring substituents is 1. The Balaban J connectivity index is 1.48. The first-order valence-corrected chi connectivity index (χ1v) is 9.18. The molecule has 4 rings (SSSR count). The Bertz CT molecular complexity index is 989. The van der Waals surface area contributed by atoms with E-state index in [9.17, 15) is 10.1 Å². The van der Waals surface area contributed by atoms with Crippen molar-refractivity contribution in [1.29, 1.82) is 0 Å². The van der Waals surface area contributed by atoms with E-state index in [-0.39, 0.29) is 10.6 Å². The van der Waals surface area contributed by atoms with Crippen molar-refractivity contribution in [2.24, 2.45) is 0 Å². The summed E-state index contributed by atoms with van der Waals surface area (Å²) in [6, 6.07) is 11.2. The molecule has 0 amide bonds. The minimum atomic E-state index is -0.300. The average molecular weight is 365 g/mol. The molecule has 0 N–H and O–H groups in total. The highest BCUT2D eigenvalue weighted by atomic mass is 16.6. The summed E-state index contributed by atoms with van der Waals surface area (Å²) in [4.78, 5) is 20.2. The van der Waals surface area contributed by atoms with Crippen molar-refractivity contribution in [2.75, 3.05) is 31.1 Å². The van der Waals surface area contributed by atoms with Gasteiger partial charge in [0.15, 0.2) is 0 Å². The molecule has 140 valence electrons. The third kappa shape index (κ3) is 3.38. The van der Waals surface area contributed by atoms with Gasteiger partial charge in [0.1, 0.15) is 11.3 Å². The van der Waals surface area contributed by atoms with Gasteiger partial charge in [0, 0.05) is 45.0 Å². The van der Waals surface area contributed by atoms with Crippen LogP contribution >= 0.6 is 0 Å². The van der Waals surface area contributed by atoms with Crippen LogP contribution in [-0.4, -0.2) is 45.4 Å². The van der Waals surface area contributed by atoms with Crippen LogP contribution in [0.15, 0.2) is 42.6 Å². The second-order valence-electron chi connectivity index (χ2n) is 7.09. The Kier molecular flexibility index (Phi) is 4.53. The zero-order valence-corrected chi connectivity index (χ0v) is 15.6. The summed E-state index contributed by atoms with van der Waals surface area (Å²) in [5, 5.41) is 11.3. The number of pyridine rings is 1. The van der Waals surface area contributed by atoms with Crippen LogP contribution < -0.4 is 4.90 Å². The van der Waals surface area contributed by atoms with Gasteiger partial charge in [-0.1, -0.05) is 12.1 Å². The van der Waals surface area contributed by atoms with Crippen LogP contribution in [0.3, 0.4) is 0 Å². The summed E-state index contributed by atoms with van der Waals surface area (Å²) < 4.78 is 2.16. The predicted octanol–water partition coefficient (Wildman–Crippen LogP) is 3.18. The average Bonchev–Trinajstić information content (AvgIpc) is 2.96. The van der Waals surface area contributed by atoms with E-state index in [1.165, 1.54) is 11.3 Å². The Morgan fingerprint density at radius 3 is 2.59 bits per heavy atom. The van der Waals surface area contributed by atoms with Gasteiger partial charge in [-0.2, -0.15) is 0 Å². The minimum absolute atomic E-state index is 0.180. The lowest BCUT2D eigenvalue weighted by Gasteiger charge is -2.35. The van der Waals surface area contributed by atoms with Gasteiger partial charge in [-0.05, 0) is 37.6 Å². The van der Waals surface area contributed by atoms with Crippen molar-refractivity contribution in [1.82, 2.24) is 14.3 Å². The molecule has 7 nitrogen and oxygen atoms in total. The second-order valence-corrected chi connectivity index (χ2v) is 7.09. The fourth-order valence-corrected chi connectivity index (χ4v) is 3.75. The largest absolute Gasteiger partial charge is 0.363 e. The first-order chi connectivity index (χ1) is 13.0. The summed E-state index contributed by atoms with van der Waals surface area (Å²) in [5.41, 5.74) is 5.35. The van der Waals surface area contributed by atoms with Gasteiger partial charge in [0.2, 0.25) is 0 Å². The van der Waals surface area contributed by atoms with Gasteiger partial charge in [0.25, 0.3) is 5.69 Å². The van der Waals surface area contributed by atoms with Gasteiger partial charge in [0.05, 0.1) is 16.3 Å². The third-order valence-electron chi connectivity index (χ3n) is 5.25. The molecule has 3 heterocycles. The number of anilines is 1. The summed E-state index contributed by atoms with van der Waals surface area (Å²) in [5.74, 6) is 0. The molecule has 1 aromatic carbocycles. The molecule has 1 aliphatic heterocycles. The molecule has 0 radical (unpaired) electrons. The first-order valence-electron chi connectivity index (χ1n) is 9.18. The van der Waals surface area contributed by atoms with E-state index < -0.39 is 0 Å². The van der Waals surface area contributed by atoms with E-state index in [0.717, 1.165) is 44.1 Å². The fraction of sp³-hybridized carbons (Fsp3) is 0.350. The molecule has 0 atom stereocenters. The van der Waals surface area contributed by atoms with Crippen LogP contribution in [0.4, 0.5) is 11.4 Å². The number of nitrogens with zero attached hydrogens (tertiary/aromatic N) is 5. The Hall–Kier alpha value is -2.93. The first kappa shape index (κ1) is 17.5. The maximum absolute atomic E-state index is 11.3. The highest BCUT2D eigenvalue weighted by Gasteiger charge is 2.24. The molecule has 3 aromatic rings. The molecular weight excluding hydrogens is 342 g/mol. The van der Waals surface area contributed by atoms with Crippen molar-refractivity contribution in [3.05, 3.63) is 69.7 Å². The zero-order chi connectivity index (χ0) is 19.0. The van der Waals surface area contributed by atoms with Crippen LogP contribution in [0.1, 0.15) is 17.0 Å². The van der Waals surface area contributed by atoms with E-state index in [4.69, 9.17) is 0 Å². The molecule has 2 aromatic heterocycles. The molecule has 0 bridgehead atoms. The molecule has 27 heavy (non-hydrogen) atoms. The quantitative estimate of drug-likeness (QED) is 0.525. The van der Waals surface area contributed by atoms with Gasteiger partial charge >= 0.3 is 0 Å². The maximum atomic E-state index is 11.3. The van der Waals surface area contributed by atoms with E-state index in [1.807, 2.05) is 12.1 Å². The summed E-state index contributed by atoms with van der Waals surface area (Å²) in [6.45, 7) is 8.25. The van der Waals surface area contributed by atoms with Crippen LogP contribution in [0.5, 0.6) is 0 Å². The third-order valence-corrected chi connectivity index (χ3v) is 5.25. The molecule has 1 saturated heterocycles. The number of para-hydroxylation sites is 2. The lowest BCUT2D eigenvalue weighted by Crippen LogP contribution is -2.46. The van der Waals surface area contributed by atoms with Gasteiger partial charge in [-0.25, -0.2) is 4.98 Å². The highest BCUT2D eigenvalue weighted by Crippen LogP contribution is 2.28. The number of hydrogen-bond acceptors (Lipinski definition) is 5. The topological polar surface area (TPSA) is 66.9 Å². The Morgan fingerprint density at radius 1 is 1.11 bits per heavy atom. The normalized spacial score (nSPS) is 15.4. The van der Waals surface area contributed by atoms with Gasteiger partial charge < -0.3 is 9.30 Å². The van der Waals surface area contributed by atoms with Crippen LogP contribution in [0, 0.1) is 24.0 Å². The highest BCUT2D eigenvalue weighted by molar-refractivity contribution is 5.63. The number of fused-ring (bicyclic) bond motifs is 1. The van der Waals surface area contributed by atoms with Gasteiger partial charge in [-0.15, -0.1) is 0 Å². The Morgan fingerprint density at radius 2 is 1.85 bits per heavy atom. The van der Waals surface area contributed by atoms with Crippen molar-refractivity contribution < 1.29 is 4.92 Å². The number of imidazole rings is 1. The molecule has 0 spiro atoms. The zero-order valence-electron chi connectivity index (χ0n) is 15.6. The monoisotopic (exact) mass is 365 g/mol. The van der Waals surface area contributed by atoms with Crippen LogP contribution in [-0.2, 0) is 6.54 Å². The van der Waals surface area contributed by atoms with Crippen molar-refractivity contribution >= 4 is 17.0 Å². The molecule has 0 aliphatic carbocycles. The van der Waals surface area contributed by atoms with Crippen LogP contribution in [0.2, 0.25) is 0 Å². The second kappa shape index (κ2) is 7.00. The van der Waals surface area contributed by atoms with Crippen molar-refractivity contribution in [3.8, 4) is 0 Å². The van der Waals surface area contributed by atoms with E-state index in [0.29, 0.717) is 5.69 Å². The molecule has 7 heteroatoms. The van der Waals surface area contributed by atoms with E-state index in [2.05, 4.69) is 51.4 Å². The van der Waals surface area contributed by atoms with Crippen LogP contribution in [0.25, 0.3) is 5.65 Å². The number of aryl methyl sites for hydroxylation is 2. The number of rotatable bonds is 4. The molecular formula is C20H23N5O2. The van der Waals surface area contributed by atoms with Gasteiger partial charge in [-0.3, -0.25) is 15.0 Å². The van der Waals surface area contributed by atoms with Crippen molar-refractivity contribution in [3.63, 3.8) is 0 Å². The van der Waals surface area contributed by atoms with Crippen molar-refractivity contribution in [2.45, 2.75) is 20.4 Å². The van der Waals surface area contributed by atoms with E-state index in [1.54, 1.807) is 12.1 Å². The lowest BCUT2D eigenvalue weighted by atomic mass is 10.2. The van der Waals surface area contributed by atoms with E-state index >= 15 is 0 Å². The summed E-state index contributed by atoms with van der Waals surface area (Å²) in [6.07, 6.45) is 2.09. The summed E-state index contributed by atoms with van der Waals surface area (Å²) in [7, 11) is 0. The Labute approximate surface area is 158 Å². The number of piperazine rings is 1. The minimum Gasteiger partial charge on any atom is -0.363 e. The molecule has 0 unspecified atom stereocenters. The molecule has 0 saturated carbocycles. The summed E-state index contributed by atoms with van der Waals surface area (Å²) >= 11 is 0. The molecule has 1 aliphatic rings.